The van der Waals surface area contributed by atoms with Crippen molar-refractivity contribution in [2.75, 3.05) is 32.6 Å². The van der Waals surface area contributed by atoms with Crippen LogP contribution in [0, 0.1) is 5.92 Å². The van der Waals surface area contributed by atoms with Gasteiger partial charge in [-0.1, -0.05) is 13.0 Å². The van der Waals surface area contributed by atoms with E-state index in [1.807, 2.05) is 0 Å². The van der Waals surface area contributed by atoms with E-state index in [2.05, 4.69) is 61.2 Å². The summed E-state index contributed by atoms with van der Waals surface area (Å²) in [6, 6.07) is 7.33. The van der Waals surface area contributed by atoms with Crippen LogP contribution in [-0.2, 0) is 9.59 Å². The number of rotatable bonds is 5. The monoisotopic (exact) mass is 564 g/mol. The van der Waals surface area contributed by atoms with Crippen molar-refractivity contribution in [1.82, 2.24) is 19.8 Å². The van der Waals surface area contributed by atoms with Crippen molar-refractivity contribution < 1.29 is 19.1 Å². The molecule has 2 aromatic heterocycles. The number of nitrogens with one attached hydrogen (secondary N) is 1. The number of amides is 3. The third-order valence-electron chi connectivity index (χ3n) is 8.28. The number of thiazole rings is 1. The molecule has 0 saturated carbocycles. The van der Waals surface area contributed by atoms with Crippen molar-refractivity contribution in [2.24, 2.45) is 11.7 Å². The van der Waals surface area contributed by atoms with Gasteiger partial charge in [-0.05, 0) is 69.8 Å². The summed E-state index contributed by atoms with van der Waals surface area (Å²) >= 11 is 1.74. The molecule has 0 radical (unpaired) electrons. The second-order valence-corrected chi connectivity index (χ2v) is 12.7. The minimum atomic E-state index is -0.800. The van der Waals surface area contributed by atoms with E-state index < -0.39 is 17.7 Å². The highest BCUT2D eigenvalue weighted by Crippen LogP contribution is 2.41. The van der Waals surface area contributed by atoms with Crippen LogP contribution in [0.15, 0.2) is 30.5 Å². The molecule has 11 heteroatoms. The number of pyridine rings is 1. The first kappa shape index (κ1) is 28.0. The number of methoxy groups -OCH3 is 1. The lowest BCUT2D eigenvalue weighted by Gasteiger charge is -2.38. The number of ether oxygens (including phenoxy) is 1. The summed E-state index contributed by atoms with van der Waals surface area (Å²) in [5.74, 6) is -1.48. The highest BCUT2D eigenvalue weighted by molar-refractivity contribution is 7.18. The average molecular weight is 565 g/mol. The van der Waals surface area contributed by atoms with Crippen LogP contribution >= 0.6 is 11.3 Å². The van der Waals surface area contributed by atoms with Gasteiger partial charge in [-0.2, -0.15) is 0 Å². The van der Waals surface area contributed by atoms with Crippen LogP contribution in [0.4, 0.5) is 5.69 Å². The van der Waals surface area contributed by atoms with Gasteiger partial charge in [0.2, 0.25) is 5.88 Å². The maximum Gasteiger partial charge on any atom is 0.313 e. The van der Waals surface area contributed by atoms with Crippen molar-refractivity contribution in [3.8, 4) is 5.88 Å². The molecule has 2 saturated heterocycles. The summed E-state index contributed by atoms with van der Waals surface area (Å²) in [7, 11) is 3.53. The topological polar surface area (TPSA) is 131 Å². The largest absolute Gasteiger partial charge is 0.480 e. The van der Waals surface area contributed by atoms with Crippen molar-refractivity contribution in [1.29, 1.82) is 0 Å². The summed E-state index contributed by atoms with van der Waals surface area (Å²) in [6.45, 7) is 8.07. The molecule has 3 N–H and O–H groups in total. The van der Waals surface area contributed by atoms with E-state index in [0.717, 1.165) is 46.6 Å². The van der Waals surface area contributed by atoms with Gasteiger partial charge in [0.25, 0.3) is 5.91 Å². The lowest BCUT2D eigenvalue weighted by molar-refractivity contribution is -0.146. The number of anilines is 1. The van der Waals surface area contributed by atoms with Crippen LogP contribution in [0.3, 0.4) is 0 Å². The number of nitrogens with two attached hydrogens (primary N) is 1. The van der Waals surface area contributed by atoms with Gasteiger partial charge in [-0.25, -0.2) is 9.97 Å². The molecular weight excluding hydrogens is 528 g/mol. The van der Waals surface area contributed by atoms with E-state index in [4.69, 9.17) is 15.5 Å². The van der Waals surface area contributed by atoms with Crippen LogP contribution in [0.1, 0.15) is 72.9 Å². The van der Waals surface area contributed by atoms with E-state index in [0.29, 0.717) is 12.5 Å². The Morgan fingerprint density at radius 2 is 1.95 bits per heavy atom. The number of aromatic nitrogens is 2. The first-order chi connectivity index (χ1) is 19.0. The fraction of sp³-hybridized carbons (Fsp3) is 0.483. The fourth-order valence-corrected chi connectivity index (χ4v) is 6.85. The van der Waals surface area contributed by atoms with Gasteiger partial charge in [-0.15, -0.1) is 11.3 Å². The van der Waals surface area contributed by atoms with Crippen LogP contribution in [0.2, 0.25) is 0 Å². The molecule has 1 aromatic carbocycles. The maximum absolute atomic E-state index is 13.5. The standard InChI is InChI=1S/C29H36N6O4S/c1-16-6-8-22(17-7-9-23-21(10-17)33-27(40-23)18-12-29(2,3)34(4)15-18)35(14-16)28(38)25(37)32-19-11-20(24(30)36)26(39-5)31-13-19/h7,9-11,13,16,18,22H,6,8,12,14-15H2,1-5H3,(H2,30,36)(H,32,37)/t16-,18-,22+/m0/s1. The Hall–Kier alpha value is -3.57. The van der Waals surface area contributed by atoms with E-state index in [9.17, 15) is 14.4 Å². The first-order valence-corrected chi connectivity index (χ1v) is 14.4. The molecule has 4 heterocycles. The Labute approximate surface area is 237 Å². The van der Waals surface area contributed by atoms with Crippen LogP contribution in [-0.4, -0.2) is 70.3 Å². The molecule has 2 aliphatic heterocycles. The number of likely N-dealkylation sites (N-methyl/N-ethyl adjacent to an activating group) is 1. The number of primary amides is 1. The molecule has 212 valence electrons. The number of hydrogen-bond acceptors (Lipinski definition) is 8. The normalized spacial score (nSPS) is 22.8. The van der Waals surface area contributed by atoms with Crippen LogP contribution in [0.5, 0.6) is 5.88 Å². The third kappa shape index (κ3) is 5.40. The lowest BCUT2D eigenvalue weighted by atomic mass is 9.89. The Balaban J connectivity index is 1.37. The zero-order chi connectivity index (χ0) is 28.8. The van der Waals surface area contributed by atoms with E-state index in [-0.39, 0.29) is 34.6 Å². The molecule has 2 fully saturated rings. The number of carbonyl (C=O) groups excluding carboxylic acids is 3. The van der Waals surface area contributed by atoms with Gasteiger partial charge in [0.1, 0.15) is 5.56 Å². The van der Waals surface area contributed by atoms with E-state index in [1.54, 1.807) is 16.2 Å². The van der Waals surface area contributed by atoms with Gasteiger partial charge < -0.3 is 25.6 Å². The fourth-order valence-electron chi connectivity index (χ4n) is 5.81. The minimum Gasteiger partial charge on any atom is -0.480 e. The molecule has 0 spiro atoms. The zero-order valence-corrected chi connectivity index (χ0v) is 24.4. The summed E-state index contributed by atoms with van der Waals surface area (Å²) in [5.41, 5.74) is 7.67. The number of benzene rings is 1. The van der Waals surface area contributed by atoms with Gasteiger partial charge in [-0.3, -0.25) is 14.4 Å². The number of fused-ring (bicyclic) bond motifs is 1. The maximum atomic E-state index is 13.5. The molecular formula is C29H36N6O4S. The Morgan fingerprint density at radius 3 is 2.62 bits per heavy atom. The smallest absolute Gasteiger partial charge is 0.313 e. The van der Waals surface area contributed by atoms with Crippen LogP contribution in [0.25, 0.3) is 10.2 Å². The van der Waals surface area contributed by atoms with Gasteiger partial charge in [0, 0.05) is 24.5 Å². The average Bonchev–Trinajstić information content (AvgIpc) is 3.47. The number of carbonyl (C=O) groups is 3. The molecule has 3 atom stereocenters. The predicted octanol–water partition coefficient (Wildman–Crippen LogP) is 3.93. The summed E-state index contributed by atoms with van der Waals surface area (Å²) in [6.07, 6.45) is 4.09. The second-order valence-electron chi connectivity index (χ2n) is 11.6. The highest BCUT2D eigenvalue weighted by atomic mass is 32.1. The molecule has 10 nitrogen and oxygen atoms in total. The summed E-state index contributed by atoms with van der Waals surface area (Å²) < 4.78 is 6.18. The van der Waals surface area contributed by atoms with E-state index in [1.165, 1.54) is 19.4 Å². The van der Waals surface area contributed by atoms with Crippen molar-refractivity contribution in [3.05, 3.63) is 46.6 Å². The number of piperidine rings is 1. The molecule has 40 heavy (non-hydrogen) atoms. The van der Waals surface area contributed by atoms with Gasteiger partial charge in [0.05, 0.1) is 40.3 Å². The molecule has 0 aliphatic carbocycles. The SMILES string of the molecule is COc1ncc(NC(=O)C(=O)N2C[C@@H](C)CC[C@@H]2c2ccc3sc([C@@H]4CN(C)C(C)(C)C4)nc3c2)cc1C(N)=O. The molecule has 0 bridgehead atoms. The molecule has 3 amide bonds. The van der Waals surface area contributed by atoms with E-state index >= 15 is 0 Å². The number of hydrogen-bond donors (Lipinski definition) is 2. The molecule has 2 aliphatic rings. The third-order valence-corrected chi connectivity index (χ3v) is 9.48. The Bertz CT molecular complexity index is 1470. The molecule has 0 unspecified atom stereocenters. The van der Waals surface area contributed by atoms with Crippen molar-refractivity contribution in [2.45, 2.75) is 57.5 Å². The van der Waals surface area contributed by atoms with Crippen LogP contribution < -0.4 is 15.8 Å². The molecule has 3 aromatic rings. The minimum absolute atomic E-state index is 0.0148. The van der Waals surface area contributed by atoms with Crippen molar-refractivity contribution in [3.63, 3.8) is 0 Å². The number of nitrogens with zero attached hydrogens (tertiary/aromatic N) is 4. The highest BCUT2D eigenvalue weighted by Gasteiger charge is 2.38. The van der Waals surface area contributed by atoms with Crippen molar-refractivity contribution >= 4 is 45.0 Å². The molecule has 5 rings (SSSR count). The lowest BCUT2D eigenvalue weighted by Crippen LogP contribution is -2.46. The first-order valence-electron chi connectivity index (χ1n) is 13.5. The van der Waals surface area contributed by atoms with Gasteiger partial charge in [0.15, 0.2) is 0 Å². The Morgan fingerprint density at radius 1 is 1.18 bits per heavy atom. The quantitative estimate of drug-likeness (QED) is 0.449. The summed E-state index contributed by atoms with van der Waals surface area (Å²) in [4.78, 5) is 51.4. The number of likely N-dealkylation sites (tertiary alicyclic amines) is 2. The predicted molar refractivity (Wildman–Crippen MR) is 154 cm³/mol. The summed E-state index contributed by atoms with van der Waals surface area (Å²) in [5, 5.41) is 3.73. The second kappa shape index (κ2) is 10.8. The Kier molecular flexibility index (Phi) is 7.54. The zero-order valence-electron chi connectivity index (χ0n) is 23.6. The van der Waals surface area contributed by atoms with Gasteiger partial charge >= 0.3 is 11.8 Å².